The summed E-state index contributed by atoms with van der Waals surface area (Å²) >= 11 is -2.41. The molecule has 1 unspecified atom stereocenters. The van der Waals surface area contributed by atoms with Crippen LogP contribution in [0, 0.1) is 0 Å². The van der Waals surface area contributed by atoms with Gasteiger partial charge in [-0.2, -0.15) is 0 Å². The molecule has 0 aliphatic carbocycles. The van der Waals surface area contributed by atoms with Crippen LogP contribution in [0.5, 0.6) is 0 Å². The number of hydrogen-bond donors (Lipinski definition) is 1. The molecule has 1 aliphatic rings. The van der Waals surface area contributed by atoms with Crippen LogP contribution in [0.1, 0.15) is 30.0 Å². The lowest BCUT2D eigenvalue weighted by Crippen LogP contribution is -2.43. The van der Waals surface area contributed by atoms with Crippen LogP contribution in [-0.2, 0) is 22.5 Å². The molecule has 7 nitrogen and oxygen atoms in total. The van der Waals surface area contributed by atoms with Crippen LogP contribution in [0.3, 0.4) is 0 Å². The Hall–Kier alpha value is -2.26. The van der Waals surface area contributed by atoms with Gasteiger partial charge in [0, 0.05) is 30.9 Å². The van der Waals surface area contributed by atoms with Gasteiger partial charge < -0.3 is 20.1 Å². The fourth-order valence-electron chi connectivity index (χ4n) is 4.11. The molecular formula is C23H32N4O3S. The van der Waals surface area contributed by atoms with Gasteiger partial charge in [0.1, 0.15) is 0 Å². The Kier molecular flexibility index (Phi) is 7.48. The molecule has 31 heavy (non-hydrogen) atoms. The molecule has 2 N–H and O–H groups in total. The van der Waals surface area contributed by atoms with E-state index in [9.17, 15) is 13.6 Å². The van der Waals surface area contributed by atoms with Gasteiger partial charge in [0.25, 0.3) is 0 Å². The first-order valence-corrected chi connectivity index (χ1v) is 11.6. The highest BCUT2D eigenvalue weighted by Gasteiger charge is 2.29. The lowest BCUT2D eigenvalue weighted by atomic mass is 10.0. The van der Waals surface area contributed by atoms with Crippen molar-refractivity contribution < 1.29 is 13.6 Å². The van der Waals surface area contributed by atoms with Crippen molar-refractivity contribution in [2.45, 2.75) is 25.3 Å². The second-order valence-corrected chi connectivity index (χ2v) is 9.92. The SMILES string of the molecule is CN(C(=O)Cc1ccc(N)cc1[N+](C)(C)S(=O)[O-])[C@H](CN1CCCC1)c1ccccc1. The average Bonchev–Trinajstić information content (AvgIpc) is 3.26. The molecule has 0 aromatic heterocycles. The van der Waals surface area contributed by atoms with Crippen molar-refractivity contribution in [3.05, 3.63) is 59.7 Å². The van der Waals surface area contributed by atoms with E-state index in [1.807, 2.05) is 25.2 Å². The number of likely N-dealkylation sites (N-methyl/N-ethyl adjacent to an activating group) is 1. The molecule has 1 aliphatic heterocycles. The molecule has 2 aromatic rings. The fraction of sp³-hybridized carbons (Fsp3) is 0.435. The van der Waals surface area contributed by atoms with Crippen molar-refractivity contribution in [1.29, 1.82) is 0 Å². The number of nitrogens with zero attached hydrogens (tertiary/aromatic N) is 3. The van der Waals surface area contributed by atoms with E-state index >= 15 is 0 Å². The Labute approximate surface area is 187 Å². The standard InChI is InChI=1S/C23H32N4O3S/c1-25(21(17-26-13-7-8-14-26)18-9-5-4-6-10-18)23(28)15-19-11-12-20(24)16-22(19)27(2,3)31(29)30/h4-6,9-12,16,21H,7-8,13-15,17,24H2,1-3H3/t21-/m1/s1. The Bertz CT molecular complexity index is 930. The molecule has 0 radical (unpaired) electrons. The molecule has 1 saturated heterocycles. The molecule has 1 heterocycles. The van der Waals surface area contributed by atoms with Crippen molar-refractivity contribution in [3.8, 4) is 0 Å². The summed E-state index contributed by atoms with van der Waals surface area (Å²) in [5.41, 5.74) is 8.65. The number of quaternary nitrogens is 1. The van der Waals surface area contributed by atoms with E-state index in [-0.39, 0.29) is 18.4 Å². The summed E-state index contributed by atoms with van der Waals surface area (Å²) < 4.78 is 23.2. The second-order valence-electron chi connectivity index (χ2n) is 8.57. The van der Waals surface area contributed by atoms with Crippen LogP contribution in [0.15, 0.2) is 48.5 Å². The third-order valence-electron chi connectivity index (χ3n) is 6.08. The van der Waals surface area contributed by atoms with Crippen LogP contribution >= 0.6 is 0 Å². The van der Waals surface area contributed by atoms with Gasteiger partial charge >= 0.3 is 0 Å². The first kappa shape index (κ1) is 23.4. The summed E-state index contributed by atoms with van der Waals surface area (Å²) in [7, 11) is 4.96. The maximum atomic E-state index is 13.4. The van der Waals surface area contributed by atoms with Gasteiger partial charge in [-0.15, -0.1) is 0 Å². The van der Waals surface area contributed by atoms with E-state index < -0.39 is 15.2 Å². The van der Waals surface area contributed by atoms with Gasteiger partial charge in [-0.1, -0.05) is 36.4 Å². The van der Waals surface area contributed by atoms with Crippen LogP contribution in [0.2, 0.25) is 0 Å². The van der Waals surface area contributed by atoms with Crippen LogP contribution < -0.4 is 9.62 Å². The summed E-state index contributed by atoms with van der Waals surface area (Å²) in [6.07, 6.45) is 2.48. The van der Waals surface area contributed by atoms with Crippen LogP contribution in [-0.4, -0.2) is 65.2 Å². The van der Waals surface area contributed by atoms with Gasteiger partial charge in [0.2, 0.25) is 5.91 Å². The predicted molar refractivity (Wildman–Crippen MR) is 125 cm³/mol. The summed E-state index contributed by atoms with van der Waals surface area (Å²) in [5, 5.41) is 0. The molecule has 0 bridgehead atoms. The molecule has 2 aromatic carbocycles. The summed E-state index contributed by atoms with van der Waals surface area (Å²) in [4.78, 5) is 17.5. The number of amides is 1. The quantitative estimate of drug-likeness (QED) is 0.384. The van der Waals surface area contributed by atoms with E-state index in [2.05, 4.69) is 17.0 Å². The fourth-order valence-corrected chi connectivity index (χ4v) is 4.44. The normalized spacial score (nSPS) is 16.8. The number of rotatable bonds is 8. The highest BCUT2D eigenvalue weighted by molar-refractivity contribution is 7.78. The lowest BCUT2D eigenvalue weighted by Gasteiger charge is -2.33. The molecule has 0 spiro atoms. The minimum Gasteiger partial charge on any atom is -0.724 e. The third-order valence-corrected chi connectivity index (χ3v) is 7.02. The predicted octanol–water partition coefficient (Wildman–Crippen LogP) is 2.47. The highest BCUT2D eigenvalue weighted by Crippen LogP contribution is 2.30. The Morgan fingerprint density at radius 3 is 2.45 bits per heavy atom. The van der Waals surface area contributed by atoms with Gasteiger partial charge in [-0.05, 0) is 37.6 Å². The molecule has 0 saturated carbocycles. The zero-order valence-electron chi connectivity index (χ0n) is 18.5. The number of hydrogen-bond acceptors (Lipinski definition) is 5. The van der Waals surface area contributed by atoms with Crippen molar-refractivity contribution >= 4 is 28.5 Å². The first-order chi connectivity index (χ1) is 14.7. The van der Waals surface area contributed by atoms with Crippen LogP contribution in [0.25, 0.3) is 0 Å². The zero-order chi connectivity index (χ0) is 22.6. The summed E-state index contributed by atoms with van der Waals surface area (Å²) in [6.45, 7) is 2.88. The van der Waals surface area contributed by atoms with Crippen molar-refractivity contribution in [2.75, 3.05) is 46.5 Å². The number of likely N-dealkylation sites (tertiary alicyclic amines) is 1. The van der Waals surface area contributed by atoms with Crippen molar-refractivity contribution in [1.82, 2.24) is 13.7 Å². The molecule has 1 amide bonds. The first-order valence-electron chi connectivity index (χ1n) is 10.6. The largest absolute Gasteiger partial charge is 0.724 e. The highest BCUT2D eigenvalue weighted by atomic mass is 32.2. The maximum Gasteiger partial charge on any atom is 0.227 e. The van der Waals surface area contributed by atoms with Crippen molar-refractivity contribution in [3.63, 3.8) is 0 Å². The van der Waals surface area contributed by atoms with Gasteiger partial charge in [0.15, 0.2) is 17.0 Å². The van der Waals surface area contributed by atoms with Crippen molar-refractivity contribution in [2.24, 2.45) is 0 Å². The minimum atomic E-state index is -2.41. The average molecular weight is 445 g/mol. The smallest absolute Gasteiger partial charge is 0.227 e. The van der Waals surface area contributed by atoms with E-state index in [0.717, 1.165) is 25.2 Å². The Balaban J connectivity index is 1.86. The van der Waals surface area contributed by atoms with Gasteiger partial charge in [0.05, 0.1) is 26.6 Å². The Morgan fingerprint density at radius 2 is 1.84 bits per heavy atom. The molecule has 2 atom stereocenters. The number of anilines is 1. The third kappa shape index (κ3) is 5.51. The summed E-state index contributed by atoms with van der Waals surface area (Å²) in [6, 6.07) is 15.1. The maximum absolute atomic E-state index is 13.4. The molecule has 1 fully saturated rings. The molecular weight excluding hydrogens is 412 g/mol. The number of carbonyl (C=O) groups is 1. The van der Waals surface area contributed by atoms with E-state index in [0.29, 0.717) is 16.9 Å². The van der Waals surface area contributed by atoms with E-state index in [4.69, 9.17) is 5.73 Å². The number of carbonyl (C=O) groups excluding carboxylic acids is 1. The Morgan fingerprint density at radius 1 is 1.19 bits per heavy atom. The number of benzene rings is 2. The minimum absolute atomic E-state index is 0.0595. The molecule has 8 heteroatoms. The molecule has 3 rings (SSSR count). The monoisotopic (exact) mass is 444 g/mol. The molecule has 168 valence electrons. The lowest BCUT2D eigenvalue weighted by molar-refractivity contribution is -0.131. The number of nitrogen functional groups attached to an aromatic ring is 1. The zero-order valence-corrected chi connectivity index (χ0v) is 19.3. The topological polar surface area (TPSA) is 89.7 Å². The van der Waals surface area contributed by atoms with E-state index in [1.165, 1.54) is 12.8 Å². The summed E-state index contributed by atoms with van der Waals surface area (Å²) in [5.74, 6) is -0.0595. The second kappa shape index (κ2) is 9.91. The number of nitrogens with two attached hydrogens (primary N) is 1. The van der Waals surface area contributed by atoms with E-state index in [1.54, 1.807) is 37.2 Å². The van der Waals surface area contributed by atoms with Gasteiger partial charge in [-0.25, -0.2) is 8.10 Å². The van der Waals surface area contributed by atoms with Crippen LogP contribution in [0.4, 0.5) is 11.4 Å². The van der Waals surface area contributed by atoms with Gasteiger partial charge in [-0.3, -0.25) is 4.79 Å².